The zero-order chi connectivity index (χ0) is 27.2. The minimum absolute atomic E-state index is 0. The van der Waals surface area contributed by atoms with E-state index in [4.69, 9.17) is 4.74 Å². The summed E-state index contributed by atoms with van der Waals surface area (Å²) in [4.78, 5) is 0. The molecule has 39 heavy (non-hydrogen) atoms. The molecule has 210 valence electrons. The minimum atomic E-state index is -1.12. The maximum absolute atomic E-state index is 5.43. The van der Waals surface area contributed by atoms with Crippen molar-refractivity contribution in [2.24, 2.45) is 4.74 Å². The summed E-state index contributed by atoms with van der Waals surface area (Å²) in [7, 11) is -1.12. The molecule has 0 N–H and O–H groups in total. The summed E-state index contributed by atoms with van der Waals surface area (Å²) in [5.74, 6) is 0. The molecular formula is C36H52NPTi. The van der Waals surface area contributed by atoms with Gasteiger partial charge < -0.3 is 0 Å². The van der Waals surface area contributed by atoms with Crippen LogP contribution in [-0.2, 0) is 21.7 Å². The molecule has 0 spiro atoms. The number of benzene rings is 2. The van der Waals surface area contributed by atoms with Crippen molar-refractivity contribution in [1.29, 1.82) is 0 Å². The van der Waals surface area contributed by atoms with Crippen molar-refractivity contribution >= 4 is 19.2 Å². The van der Waals surface area contributed by atoms with Crippen LogP contribution in [0.4, 0.5) is 0 Å². The summed E-state index contributed by atoms with van der Waals surface area (Å²) in [6, 6.07) is 20.6. The smallest absolute Gasteiger partial charge is 0.0425 e. The maximum atomic E-state index is 5.43. The Morgan fingerprint density at radius 1 is 0.641 bits per heavy atom. The van der Waals surface area contributed by atoms with Crippen molar-refractivity contribution in [3.8, 4) is 0 Å². The van der Waals surface area contributed by atoms with Crippen LogP contribution in [0.1, 0.15) is 96.1 Å². The molecule has 0 heterocycles. The van der Waals surface area contributed by atoms with Gasteiger partial charge in [-0.2, -0.15) is 0 Å². The van der Waals surface area contributed by atoms with Crippen LogP contribution in [0.25, 0.3) is 12.2 Å². The third-order valence-corrected chi connectivity index (χ3v) is 11.0. The fourth-order valence-electron chi connectivity index (χ4n) is 4.70. The number of hydrogen-bond acceptors (Lipinski definition) is 1. The zero-order valence-electron chi connectivity index (χ0n) is 24.9. The van der Waals surface area contributed by atoms with Crippen molar-refractivity contribution in [2.45, 2.75) is 85.0 Å². The molecule has 3 heteroatoms. The Hall–Kier alpha value is -1.66. The normalized spacial score (nSPS) is 12.7. The molecule has 0 aromatic heterocycles. The largest absolute Gasteiger partial charge is 0.272 e. The van der Waals surface area contributed by atoms with Gasteiger partial charge in [0.05, 0.1) is 0 Å². The van der Waals surface area contributed by atoms with Crippen molar-refractivity contribution in [1.82, 2.24) is 0 Å². The van der Waals surface area contributed by atoms with Gasteiger partial charge in [-0.3, -0.25) is 4.74 Å². The number of hydrogen-bond donors (Lipinski definition) is 0. The van der Waals surface area contributed by atoms with Crippen LogP contribution in [0, 0.1) is 0 Å². The SMILES string of the molecule is C(C=Cc1ccccc1)=Cc1ccccc1.CCCCCP(CCCCC)(CCCCC)=NC1=CC=CC1.[Ti]. The molecule has 0 fully saturated rings. The summed E-state index contributed by atoms with van der Waals surface area (Å²) >= 11 is 0. The molecule has 0 unspecified atom stereocenters. The van der Waals surface area contributed by atoms with Gasteiger partial charge in [-0.1, -0.05) is 156 Å². The van der Waals surface area contributed by atoms with Gasteiger partial charge in [-0.05, 0) is 62.0 Å². The fraction of sp³-hybridized carbons (Fsp3) is 0.444. The first-order valence-corrected chi connectivity index (χ1v) is 17.4. The average molecular weight is 578 g/mol. The fourth-order valence-corrected chi connectivity index (χ4v) is 8.80. The molecule has 0 amide bonds. The molecule has 0 saturated heterocycles. The molecule has 1 nitrogen and oxygen atoms in total. The topological polar surface area (TPSA) is 12.4 Å². The van der Waals surface area contributed by atoms with E-state index in [1.807, 2.05) is 36.4 Å². The Labute approximate surface area is 255 Å². The van der Waals surface area contributed by atoms with Gasteiger partial charge in [0.15, 0.2) is 0 Å². The third kappa shape index (κ3) is 16.3. The van der Waals surface area contributed by atoms with Gasteiger partial charge in [0.2, 0.25) is 0 Å². The van der Waals surface area contributed by atoms with E-state index >= 15 is 0 Å². The van der Waals surface area contributed by atoms with E-state index in [2.05, 4.69) is 87.6 Å². The number of allylic oxidation sites excluding steroid dienone is 5. The van der Waals surface area contributed by atoms with Crippen LogP contribution in [0.15, 0.2) is 101 Å². The van der Waals surface area contributed by atoms with Crippen LogP contribution in [0.2, 0.25) is 0 Å². The first-order chi connectivity index (χ1) is 18.7. The molecule has 0 atom stereocenters. The van der Waals surface area contributed by atoms with Gasteiger partial charge >= 0.3 is 0 Å². The van der Waals surface area contributed by atoms with Crippen molar-refractivity contribution in [2.75, 3.05) is 18.5 Å². The zero-order valence-corrected chi connectivity index (χ0v) is 27.4. The Bertz CT molecular complexity index is 953. The third-order valence-electron chi connectivity index (χ3n) is 6.91. The van der Waals surface area contributed by atoms with Crippen molar-refractivity contribution in [3.63, 3.8) is 0 Å². The van der Waals surface area contributed by atoms with E-state index in [-0.39, 0.29) is 21.7 Å². The van der Waals surface area contributed by atoms with Crippen LogP contribution in [0.3, 0.4) is 0 Å². The van der Waals surface area contributed by atoms with Crippen LogP contribution in [0.5, 0.6) is 0 Å². The molecule has 0 aliphatic heterocycles. The predicted molar refractivity (Wildman–Crippen MR) is 175 cm³/mol. The predicted octanol–water partition coefficient (Wildman–Crippen LogP) is 12.0. The number of nitrogens with zero attached hydrogens (tertiary/aromatic N) is 1. The van der Waals surface area contributed by atoms with Crippen LogP contribution < -0.4 is 0 Å². The summed E-state index contributed by atoms with van der Waals surface area (Å²) < 4.78 is 5.43. The Morgan fingerprint density at radius 3 is 1.44 bits per heavy atom. The molecule has 3 rings (SSSR count). The molecule has 1 aliphatic rings. The second-order valence-corrected chi connectivity index (χ2v) is 14.0. The van der Waals surface area contributed by atoms with Gasteiger partial charge in [0.1, 0.15) is 0 Å². The van der Waals surface area contributed by atoms with E-state index in [1.165, 1.54) is 93.1 Å². The second kappa shape index (κ2) is 23.1. The van der Waals surface area contributed by atoms with Crippen LogP contribution >= 0.6 is 7.05 Å². The Balaban J connectivity index is 0.000000396. The van der Waals surface area contributed by atoms with Gasteiger partial charge in [0.25, 0.3) is 0 Å². The molecule has 0 saturated carbocycles. The van der Waals surface area contributed by atoms with E-state index in [0.717, 1.165) is 6.42 Å². The van der Waals surface area contributed by atoms with Crippen molar-refractivity contribution in [3.05, 3.63) is 108 Å². The van der Waals surface area contributed by atoms with Gasteiger partial charge in [-0.15, -0.1) is 0 Å². The number of unbranched alkanes of at least 4 members (excludes halogenated alkanes) is 6. The Kier molecular flexibility index (Phi) is 20.9. The van der Waals surface area contributed by atoms with Crippen LogP contribution in [-0.4, -0.2) is 18.5 Å². The Morgan fingerprint density at radius 2 is 1.08 bits per heavy atom. The molecule has 1 aliphatic carbocycles. The summed E-state index contributed by atoms with van der Waals surface area (Å²) in [6.07, 6.45) is 32.7. The second-order valence-electron chi connectivity index (χ2n) is 10.3. The summed E-state index contributed by atoms with van der Waals surface area (Å²) in [5, 5.41) is 0. The average Bonchev–Trinajstić information content (AvgIpc) is 3.46. The number of rotatable bonds is 16. The standard InChI is InChI=1S/C20H38NP.C16H14.Ti/c1-4-7-12-17-22(18-13-8-5-2,19-14-9-6-3)21-20-15-10-11-16-20;1-3-9-15(10-4-1)13-7-8-14-16-11-5-2-6-12-16;/h10-11,15H,4-9,12-14,16-19H2,1-3H3;1-14H;. The first-order valence-electron chi connectivity index (χ1n) is 15.1. The molecule has 0 bridgehead atoms. The van der Waals surface area contributed by atoms with Gasteiger partial charge in [-0.25, -0.2) is 0 Å². The van der Waals surface area contributed by atoms with E-state index in [1.54, 1.807) is 0 Å². The van der Waals surface area contributed by atoms with E-state index in [9.17, 15) is 0 Å². The quantitative estimate of drug-likeness (QED) is 0.0814. The summed E-state index contributed by atoms with van der Waals surface area (Å²) in [6.45, 7) is 6.94. The maximum Gasteiger partial charge on any atom is 0.0425 e. The molecule has 0 radical (unpaired) electrons. The monoisotopic (exact) mass is 577 g/mol. The van der Waals surface area contributed by atoms with Gasteiger partial charge in [0, 0.05) is 33.8 Å². The molecular weight excluding hydrogens is 525 g/mol. The molecule has 2 aromatic rings. The molecule has 2 aromatic carbocycles. The minimum Gasteiger partial charge on any atom is -0.272 e. The van der Waals surface area contributed by atoms with Crippen molar-refractivity contribution < 1.29 is 21.7 Å². The summed E-state index contributed by atoms with van der Waals surface area (Å²) in [5.41, 5.74) is 3.82. The van der Waals surface area contributed by atoms with E-state index in [0.29, 0.717) is 0 Å². The first kappa shape index (κ1) is 35.4. The van der Waals surface area contributed by atoms with E-state index < -0.39 is 7.05 Å².